The molecular formula is C9H16O4. The highest BCUT2D eigenvalue weighted by molar-refractivity contribution is 5.90. The fraction of sp³-hybridized carbons (Fsp3) is 0.778. The van der Waals surface area contributed by atoms with Gasteiger partial charge in [0.15, 0.2) is 0 Å². The van der Waals surface area contributed by atoms with Crippen LogP contribution in [0.5, 0.6) is 0 Å². The third-order valence-electron chi connectivity index (χ3n) is 1.93. The predicted molar refractivity (Wildman–Crippen MR) is 47.3 cm³/mol. The van der Waals surface area contributed by atoms with Crippen molar-refractivity contribution in [3.05, 3.63) is 0 Å². The summed E-state index contributed by atoms with van der Waals surface area (Å²) in [5.74, 6) is -1.45. The van der Waals surface area contributed by atoms with Crippen LogP contribution in [0.4, 0.5) is 0 Å². The van der Waals surface area contributed by atoms with Crippen LogP contribution in [-0.2, 0) is 14.3 Å². The Kier molecular flexibility index (Phi) is 5.93. The van der Waals surface area contributed by atoms with Crippen LogP contribution in [-0.4, -0.2) is 23.7 Å². The minimum Gasteiger partial charge on any atom is -0.481 e. The zero-order valence-corrected chi connectivity index (χ0v) is 8.08. The lowest BCUT2D eigenvalue weighted by atomic mass is 10.1. The molecule has 4 nitrogen and oxygen atoms in total. The maximum Gasteiger partial charge on any atom is 0.317 e. The quantitative estimate of drug-likeness (QED) is 0.506. The summed E-state index contributed by atoms with van der Waals surface area (Å²) in [6.07, 6.45) is 1.34. The minimum atomic E-state index is -1.14. The molecule has 0 aromatic carbocycles. The molecule has 0 saturated heterocycles. The number of carboxylic acids is 1. The van der Waals surface area contributed by atoms with Crippen LogP contribution in [0.25, 0.3) is 0 Å². The normalized spacial score (nSPS) is 10.1. The molecule has 13 heavy (non-hydrogen) atoms. The second-order valence-electron chi connectivity index (χ2n) is 2.94. The Morgan fingerprint density at radius 1 is 1.31 bits per heavy atom. The Balaban J connectivity index is 3.62. The van der Waals surface area contributed by atoms with E-state index in [1.807, 2.05) is 13.8 Å². The summed E-state index contributed by atoms with van der Waals surface area (Å²) in [6, 6.07) is 0. The van der Waals surface area contributed by atoms with Gasteiger partial charge in [0.1, 0.15) is 6.42 Å². The van der Waals surface area contributed by atoms with E-state index in [9.17, 15) is 9.59 Å². The highest BCUT2D eigenvalue weighted by Crippen LogP contribution is 2.07. The van der Waals surface area contributed by atoms with E-state index in [1.165, 1.54) is 0 Å². The van der Waals surface area contributed by atoms with Crippen LogP contribution >= 0.6 is 0 Å². The van der Waals surface area contributed by atoms with Gasteiger partial charge in [0, 0.05) is 0 Å². The van der Waals surface area contributed by atoms with Crippen LogP contribution < -0.4 is 0 Å². The fourth-order valence-corrected chi connectivity index (χ4v) is 0.910. The molecule has 0 unspecified atom stereocenters. The number of hydrogen-bond acceptors (Lipinski definition) is 3. The molecule has 4 heteroatoms. The van der Waals surface area contributed by atoms with Gasteiger partial charge < -0.3 is 9.84 Å². The number of ether oxygens (including phenoxy) is 1. The van der Waals surface area contributed by atoms with Crippen LogP contribution in [0, 0.1) is 5.92 Å². The largest absolute Gasteiger partial charge is 0.481 e. The van der Waals surface area contributed by atoms with E-state index in [2.05, 4.69) is 0 Å². The van der Waals surface area contributed by atoms with Gasteiger partial charge in [-0.2, -0.15) is 0 Å². The molecule has 0 atom stereocenters. The first-order valence-electron chi connectivity index (χ1n) is 4.47. The zero-order chi connectivity index (χ0) is 10.3. The van der Waals surface area contributed by atoms with Crippen molar-refractivity contribution in [2.24, 2.45) is 5.92 Å². The summed E-state index contributed by atoms with van der Waals surface area (Å²) < 4.78 is 4.78. The molecule has 1 N–H and O–H groups in total. The van der Waals surface area contributed by atoms with E-state index in [4.69, 9.17) is 9.84 Å². The molecule has 0 fully saturated rings. The van der Waals surface area contributed by atoms with Crippen LogP contribution in [0.15, 0.2) is 0 Å². The van der Waals surface area contributed by atoms with Crippen molar-refractivity contribution in [3.63, 3.8) is 0 Å². The van der Waals surface area contributed by atoms with Gasteiger partial charge in [-0.05, 0) is 5.92 Å². The number of hydrogen-bond donors (Lipinski definition) is 1. The summed E-state index contributed by atoms with van der Waals surface area (Å²) in [5.41, 5.74) is 0. The lowest BCUT2D eigenvalue weighted by molar-refractivity contribution is -0.152. The second kappa shape index (κ2) is 6.46. The molecule has 0 aliphatic carbocycles. The average molecular weight is 188 g/mol. The van der Waals surface area contributed by atoms with Gasteiger partial charge >= 0.3 is 11.9 Å². The van der Waals surface area contributed by atoms with E-state index >= 15 is 0 Å². The van der Waals surface area contributed by atoms with E-state index in [0.717, 1.165) is 12.8 Å². The van der Waals surface area contributed by atoms with Gasteiger partial charge in [-0.25, -0.2) is 0 Å². The number of carboxylic acid groups (broad SMARTS) is 1. The summed E-state index contributed by atoms with van der Waals surface area (Å²) in [6.45, 7) is 4.36. The van der Waals surface area contributed by atoms with Gasteiger partial charge in [0.25, 0.3) is 0 Å². The van der Waals surface area contributed by atoms with Crippen molar-refractivity contribution in [1.82, 2.24) is 0 Å². The molecule has 0 spiro atoms. The molecule has 0 rings (SSSR count). The summed E-state index contributed by atoms with van der Waals surface area (Å²) in [4.78, 5) is 20.9. The monoisotopic (exact) mass is 188 g/mol. The molecule has 0 aliphatic rings. The van der Waals surface area contributed by atoms with Crippen LogP contribution in [0.1, 0.15) is 33.1 Å². The second-order valence-corrected chi connectivity index (χ2v) is 2.94. The van der Waals surface area contributed by atoms with Gasteiger partial charge in [0.2, 0.25) is 0 Å². The van der Waals surface area contributed by atoms with Gasteiger partial charge in [-0.15, -0.1) is 0 Å². The fourth-order valence-electron chi connectivity index (χ4n) is 0.910. The topological polar surface area (TPSA) is 63.6 Å². The third-order valence-corrected chi connectivity index (χ3v) is 1.93. The molecule has 0 amide bonds. The average Bonchev–Trinajstić information content (AvgIpc) is 2.05. The van der Waals surface area contributed by atoms with Crippen molar-refractivity contribution in [1.29, 1.82) is 0 Å². The number of carbonyl (C=O) groups is 2. The SMILES string of the molecule is CCC(CC)COC(=O)CC(=O)O. The van der Waals surface area contributed by atoms with E-state index in [1.54, 1.807) is 0 Å². The molecule has 76 valence electrons. The molecule has 0 bridgehead atoms. The minimum absolute atomic E-state index is 0.332. The lowest BCUT2D eigenvalue weighted by Gasteiger charge is -2.11. The first-order chi connectivity index (χ1) is 6.10. The van der Waals surface area contributed by atoms with Crippen molar-refractivity contribution < 1.29 is 19.4 Å². The molecule has 0 aromatic rings. The first-order valence-corrected chi connectivity index (χ1v) is 4.47. The van der Waals surface area contributed by atoms with Gasteiger partial charge in [0.05, 0.1) is 6.61 Å². The van der Waals surface area contributed by atoms with Gasteiger partial charge in [-0.1, -0.05) is 26.7 Å². The number of esters is 1. The van der Waals surface area contributed by atoms with Crippen LogP contribution in [0.2, 0.25) is 0 Å². The van der Waals surface area contributed by atoms with Gasteiger partial charge in [-0.3, -0.25) is 9.59 Å². The Labute approximate surface area is 77.9 Å². The van der Waals surface area contributed by atoms with E-state index in [0.29, 0.717) is 12.5 Å². The van der Waals surface area contributed by atoms with Crippen LogP contribution in [0.3, 0.4) is 0 Å². The Morgan fingerprint density at radius 2 is 1.85 bits per heavy atom. The Hall–Kier alpha value is -1.06. The predicted octanol–water partition coefficient (Wildman–Crippen LogP) is 1.44. The van der Waals surface area contributed by atoms with Crippen molar-refractivity contribution in [2.75, 3.05) is 6.61 Å². The summed E-state index contributed by atoms with van der Waals surface area (Å²) in [5, 5.41) is 8.26. The number of carbonyl (C=O) groups excluding carboxylic acids is 1. The summed E-state index contributed by atoms with van der Waals surface area (Å²) >= 11 is 0. The molecule has 0 heterocycles. The van der Waals surface area contributed by atoms with E-state index < -0.39 is 18.4 Å². The third kappa shape index (κ3) is 6.13. The highest BCUT2D eigenvalue weighted by atomic mass is 16.5. The molecule has 0 aromatic heterocycles. The first kappa shape index (κ1) is 11.9. The number of rotatable bonds is 6. The molecule has 0 aliphatic heterocycles. The zero-order valence-electron chi connectivity index (χ0n) is 8.08. The molecule has 0 radical (unpaired) electrons. The summed E-state index contributed by atoms with van der Waals surface area (Å²) in [7, 11) is 0. The lowest BCUT2D eigenvalue weighted by Crippen LogP contribution is -2.15. The molecular weight excluding hydrogens is 172 g/mol. The standard InChI is InChI=1S/C9H16O4/c1-3-7(4-2)6-13-9(12)5-8(10)11/h7H,3-6H2,1-2H3,(H,10,11). The van der Waals surface area contributed by atoms with Crippen molar-refractivity contribution in [3.8, 4) is 0 Å². The number of aliphatic carboxylic acids is 1. The smallest absolute Gasteiger partial charge is 0.317 e. The van der Waals surface area contributed by atoms with Crippen molar-refractivity contribution >= 4 is 11.9 Å². The Morgan fingerprint density at radius 3 is 2.23 bits per heavy atom. The highest BCUT2D eigenvalue weighted by Gasteiger charge is 2.11. The maximum absolute atomic E-state index is 10.8. The maximum atomic E-state index is 10.8. The molecule has 0 saturated carbocycles. The Bertz CT molecular complexity index is 172. The van der Waals surface area contributed by atoms with Crippen molar-refractivity contribution in [2.45, 2.75) is 33.1 Å². The van der Waals surface area contributed by atoms with E-state index in [-0.39, 0.29) is 0 Å².